The molecule has 0 radical (unpaired) electrons. The van der Waals surface area contributed by atoms with Crippen molar-refractivity contribution in [3.05, 3.63) is 53.6 Å². The summed E-state index contributed by atoms with van der Waals surface area (Å²) in [7, 11) is -0.602. The quantitative estimate of drug-likeness (QED) is 0.780. The second kappa shape index (κ2) is 8.33. The van der Waals surface area contributed by atoms with Gasteiger partial charge in [0.15, 0.2) is 0 Å². The molecule has 0 unspecified atom stereocenters. The molecule has 0 aliphatic rings. The molecule has 0 aromatic heterocycles. The summed E-state index contributed by atoms with van der Waals surface area (Å²) >= 11 is 0. The number of sulfonamides is 1. The Bertz CT molecular complexity index is 875. The first kappa shape index (κ1) is 19.9. The van der Waals surface area contributed by atoms with Crippen LogP contribution in [-0.4, -0.2) is 39.3 Å². The Morgan fingerprint density at radius 3 is 2.23 bits per heavy atom. The van der Waals surface area contributed by atoms with Gasteiger partial charge < -0.3 is 10.6 Å². The molecule has 2 aromatic carbocycles. The van der Waals surface area contributed by atoms with Crippen molar-refractivity contribution in [1.82, 2.24) is 4.31 Å². The van der Waals surface area contributed by atoms with Crippen molar-refractivity contribution in [2.24, 2.45) is 0 Å². The summed E-state index contributed by atoms with van der Waals surface area (Å²) in [5.41, 5.74) is 3.17. The molecule has 0 bridgehead atoms. The molecule has 1 amide bonds. The molecule has 2 aromatic rings. The Kier molecular flexibility index (Phi) is 6.39. The number of nitrogens with zero attached hydrogens (tertiary/aromatic N) is 1. The van der Waals surface area contributed by atoms with E-state index < -0.39 is 10.0 Å². The molecule has 7 heteroatoms. The van der Waals surface area contributed by atoms with E-state index in [0.29, 0.717) is 11.3 Å². The number of carbonyl (C=O) groups is 1. The zero-order valence-corrected chi connectivity index (χ0v) is 16.4. The van der Waals surface area contributed by atoms with Gasteiger partial charge in [0.2, 0.25) is 15.9 Å². The van der Waals surface area contributed by atoms with Crippen molar-refractivity contribution in [3.63, 3.8) is 0 Å². The summed E-state index contributed by atoms with van der Waals surface area (Å²) < 4.78 is 25.9. The van der Waals surface area contributed by atoms with E-state index >= 15 is 0 Å². The van der Waals surface area contributed by atoms with E-state index in [1.54, 1.807) is 19.1 Å². The molecule has 0 fully saturated rings. The molecule has 140 valence electrons. The zero-order chi connectivity index (χ0) is 19.3. The summed E-state index contributed by atoms with van der Waals surface area (Å²) in [5, 5.41) is 5.78. The number of nitrogens with one attached hydrogen (secondary N) is 2. The summed E-state index contributed by atoms with van der Waals surface area (Å²) in [4.78, 5) is 12.3. The van der Waals surface area contributed by atoms with Crippen LogP contribution in [-0.2, 0) is 21.2 Å². The Morgan fingerprint density at radius 1 is 1.04 bits per heavy atom. The molecular weight excluding hydrogens is 350 g/mol. The Morgan fingerprint density at radius 2 is 1.65 bits per heavy atom. The molecule has 0 atom stereocenters. The minimum Gasteiger partial charge on any atom is -0.376 e. The third kappa shape index (κ3) is 4.83. The lowest BCUT2D eigenvalue weighted by Crippen LogP contribution is -2.24. The largest absolute Gasteiger partial charge is 0.376 e. The van der Waals surface area contributed by atoms with E-state index in [-0.39, 0.29) is 17.3 Å². The number of anilines is 2. The lowest BCUT2D eigenvalue weighted by Gasteiger charge is -2.15. The smallest absolute Gasteiger partial charge is 0.243 e. The van der Waals surface area contributed by atoms with E-state index in [4.69, 9.17) is 0 Å². The number of aryl methyl sites for hydroxylation is 2. The number of carbonyl (C=O) groups excluding carboxylic acids is 1. The first-order valence-electron chi connectivity index (χ1n) is 8.40. The van der Waals surface area contributed by atoms with Gasteiger partial charge in [0.25, 0.3) is 0 Å². The summed E-state index contributed by atoms with van der Waals surface area (Å²) in [5.74, 6) is -0.248. The Balaban J connectivity index is 2.04. The number of hydrogen-bond donors (Lipinski definition) is 2. The van der Waals surface area contributed by atoms with Crippen LogP contribution >= 0.6 is 0 Å². The molecule has 0 saturated carbocycles. The van der Waals surface area contributed by atoms with Gasteiger partial charge in [0, 0.05) is 25.5 Å². The monoisotopic (exact) mass is 375 g/mol. The van der Waals surface area contributed by atoms with E-state index in [9.17, 15) is 13.2 Å². The van der Waals surface area contributed by atoms with Crippen LogP contribution in [0.1, 0.15) is 18.1 Å². The highest BCUT2D eigenvalue weighted by molar-refractivity contribution is 7.89. The summed E-state index contributed by atoms with van der Waals surface area (Å²) in [6.07, 6.45) is 0.965. The molecule has 0 saturated heterocycles. The third-order valence-corrected chi connectivity index (χ3v) is 6.00. The molecule has 0 heterocycles. The molecule has 6 nitrogen and oxygen atoms in total. The lowest BCUT2D eigenvalue weighted by atomic mass is 10.1. The zero-order valence-electron chi connectivity index (χ0n) is 15.5. The topological polar surface area (TPSA) is 78.5 Å². The maximum absolute atomic E-state index is 12.4. The van der Waals surface area contributed by atoms with E-state index in [2.05, 4.69) is 17.6 Å². The van der Waals surface area contributed by atoms with Gasteiger partial charge in [-0.25, -0.2) is 12.7 Å². The Labute approximate surface area is 155 Å². The van der Waals surface area contributed by atoms with Gasteiger partial charge in [-0.15, -0.1) is 0 Å². The summed E-state index contributed by atoms with van der Waals surface area (Å²) in [6.45, 7) is 3.90. The van der Waals surface area contributed by atoms with Crippen molar-refractivity contribution < 1.29 is 13.2 Å². The maximum Gasteiger partial charge on any atom is 0.243 e. The fraction of sp³-hybridized carbons (Fsp3) is 0.316. The molecule has 2 N–H and O–H groups in total. The van der Waals surface area contributed by atoms with Crippen LogP contribution in [0.15, 0.2) is 47.4 Å². The fourth-order valence-corrected chi connectivity index (χ4v) is 3.54. The molecule has 0 aliphatic heterocycles. The predicted octanol–water partition coefficient (Wildman–Crippen LogP) is 2.86. The van der Waals surface area contributed by atoms with E-state index in [1.165, 1.54) is 25.7 Å². The minimum atomic E-state index is -3.56. The minimum absolute atomic E-state index is 0.0924. The van der Waals surface area contributed by atoms with Gasteiger partial charge in [-0.3, -0.25) is 4.79 Å². The number of hydrogen-bond acceptors (Lipinski definition) is 4. The van der Waals surface area contributed by atoms with E-state index in [0.717, 1.165) is 16.4 Å². The standard InChI is InChI=1S/C19H25N3O3S/c1-5-15-7-10-16(11-8-15)20-13-19(23)21-17-9-6-14(2)18(12-17)26(24,25)22(3)4/h6-12,20H,5,13H2,1-4H3,(H,21,23). The van der Waals surface area contributed by atoms with Crippen molar-refractivity contribution in [2.75, 3.05) is 31.3 Å². The van der Waals surface area contributed by atoms with Gasteiger partial charge in [-0.1, -0.05) is 25.1 Å². The first-order chi connectivity index (χ1) is 12.2. The summed E-state index contributed by atoms with van der Waals surface area (Å²) in [6, 6.07) is 12.7. The molecule has 0 aliphatic carbocycles. The second-order valence-corrected chi connectivity index (χ2v) is 8.34. The van der Waals surface area contributed by atoms with Gasteiger partial charge in [0.1, 0.15) is 0 Å². The normalized spacial score (nSPS) is 11.4. The van der Waals surface area contributed by atoms with Gasteiger partial charge in [0.05, 0.1) is 11.4 Å². The number of amides is 1. The van der Waals surface area contributed by atoms with Crippen LogP contribution in [0.25, 0.3) is 0 Å². The van der Waals surface area contributed by atoms with Gasteiger partial charge in [-0.05, 0) is 48.7 Å². The van der Waals surface area contributed by atoms with E-state index in [1.807, 2.05) is 24.3 Å². The predicted molar refractivity (Wildman–Crippen MR) is 105 cm³/mol. The van der Waals surface area contributed by atoms with Gasteiger partial charge >= 0.3 is 0 Å². The van der Waals surface area contributed by atoms with Gasteiger partial charge in [-0.2, -0.15) is 0 Å². The number of rotatable bonds is 7. The highest BCUT2D eigenvalue weighted by Crippen LogP contribution is 2.22. The number of benzene rings is 2. The molecule has 2 rings (SSSR count). The molecular formula is C19H25N3O3S. The van der Waals surface area contributed by atoms with Crippen LogP contribution < -0.4 is 10.6 Å². The van der Waals surface area contributed by atoms with Crippen molar-refractivity contribution >= 4 is 27.3 Å². The fourth-order valence-electron chi connectivity index (χ4n) is 2.40. The lowest BCUT2D eigenvalue weighted by molar-refractivity contribution is -0.114. The highest BCUT2D eigenvalue weighted by atomic mass is 32.2. The van der Waals surface area contributed by atoms with Crippen molar-refractivity contribution in [2.45, 2.75) is 25.2 Å². The Hall–Kier alpha value is -2.38. The van der Waals surface area contributed by atoms with Crippen LogP contribution in [0.2, 0.25) is 0 Å². The average molecular weight is 375 g/mol. The average Bonchev–Trinajstić information content (AvgIpc) is 2.61. The van der Waals surface area contributed by atoms with Crippen LogP contribution in [0.3, 0.4) is 0 Å². The SMILES string of the molecule is CCc1ccc(NCC(=O)Nc2ccc(C)c(S(=O)(=O)N(C)C)c2)cc1. The van der Waals surface area contributed by atoms with Crippen molar-refractivity contribution in [3.8, 4) is 0 Å². The van der Waals surface area contributed by atoms with Crippen LogP contribution in [0.5, 0.6) is 0 Å². The van der Waals surface area contributed by atoms with Crippen LogP contribution in [0.4, 0.5) is 11.4 Å². The second-order valence-electron chi connectivity index (χ2n) is 6.22. The maximum atomic E-state index is 12.4. The molecule has 26 heavy (non-hydrogen) atoms. The highest BCUT2D eigenvalue weighted by Gasteiger charge is 2.20. The molecule has 0 spiro atoms. The van der Waals surface area contributed by atoms with Crippen LogP contribution in [0, 0.1) is 6.92 Å². The van der Waals surface area contributed by atoms with Crippen molar-refractivity contribution in [1.29, 1.82) is 0 Å². The third-order valence-electron chi connectivity index (χ3n) is 4.05. The first-order valence-corrected chi connectivity index (χ1v) is 9.84.